The van der Waals surface area contributed by atoms with Crippen molar-refractivity contribution in [2.24, 2.45) is 0 Å². The minimum atomic E-state index is -0.0787. The van der Waals surface area contributed by atoms with Crippen LogP contribution in [-0.2, 0) is 11.2 Å². The molecular formula is C21H20N4O2. The van der Waals surface area contributed by atoms with Crippen molar-refractivity contribution in [2.75, 3.05) is 11.1 Å². The van der Waals surface area contributed by atoms with Gasteiger partial charge in [0.15, 0.2) is 0 Å². The molecule has 1 heterocycles. The highest BCUT2D eigenvalue weighted by Crippen LogP contribution is 2.26. The molecule has 0 unspecified atom stereocenters. The van der Waals surface area contributed by atoms with Gasteiger partial charge in [-0.2, -0.15) is 0 Å². The summed E-state index contributed by atoms with van der Waals surface area (Å²) in [6, 6.07) is 14.9. The van der Waals surface area contributed by atoms with Crippen LogP contribution in [0.25, 0.3) is 6.08 Å². The molecule has 0 bridgehead atoms. The van der Waals surface area contributed by atoms with E-state index >= 15 is 0 Å². The number of rotatable bonds is 6. The fourth-order valence-corrected chi connectivity index (χ4v) is 2.48. The highest BCUT2D eigenvalue weighted by atomic mass is 16.5. The van der Waals surface area contributed by atoms with Gasteiger partial charge >= 0.3 is 0 Å². The van der Waals surface area contributed by atoms with E-state index in [2.05, 4.69) is 21.9 Å². The molecule has 0 spiro atoms. The van der Waals surface area contributed by atoms with Gasteiger partial charge < -0.3 is 15.8 Å². The maximum atomic E-state index is 12.2. The van der Waals surface area contributed by atoms with Crippen LogP contribution in [0.15, 0.2) is 61.4 Å². The van der Waals surface area contributed by atoms with Crippen LogP contribution in [0.3, 0.4) is 0 Å². The number of hydrogen-bond acceptors (Lipinski definition) is 5. The summed E-state index contributed by atoms with van der Waals surface area (Å²) in [5.41, 5.74) is 9.13. The number of carbonyl (C=O) groups excluding carboxylic acids is 1. The molecule has 136 valence electrons. The SMILES string of the molecule is C=Cc1c(N)ncnc1Oc1ccc(CC(=O)Nc2ccc(C)cc2)cc1. The second-order valence-corrected chi connectivity index (χ2v) is 6.02. The smallest absolute Gasteiger partial charge is 0.231 e. The average Bonchev–Trinajstić information content (AvgIpc) is 2.65. The van der Waals surface area contributed by atoms with E-state index in [0.717, 1.165) is 16.8 Å². The minimum absolute atomic E-state index is 0.0787. The van der Waals surface area contributed by atoms with E-state index in [-0.39, 0.29) is 12.3 Å². The van der Waals surface area contributed by atoms with Crippen LogP contribution in [0.2, 0.25) is 0 Å². The van der Waals surface area contributed by atoms with Crippen molar-refractivity contribution < 1.29 is 9.53 Å². The number of hydrogen-bond donors (Lipinski definition) is 2. The third-order valence-corrected chi connectivity index (χ3v) is 3.92. The zero-order valence-corrected chi connectivity index (χ0v) is 15.0. The summed E-state index contributed by atoms with van der Waals surface area (Å²) in [4.78, 5) is 20.2. The Morgan fingerprint density at radius 1 is 1.15 bits per heavy atom. The van der Waals surface area contributed by atoms with Gasteiger partial charge in [-0.15, -0.1) is 0 Å². The van der Waals surface area contributed by atoms with Crippen LogP contribution in [0, 0.1) is 6.92 Å². The van der Waals surface area contributed by atoms with Crippen LogP contribution < -0.4 is 15.8 Å². The quantitative estimate of drug-likeness (QED) is 0.694. The number of nitrogens with zero attached hydrogens (tertiary/aromatic N) is 2. The van der Waals surface area contributed by atoms with Crippen LogP contribution in [0.1, 0.15) is 16.7 Å². The summed E-state index contributed by atoms with van der Waals surface area (Å²) in [5.74, 6) is 1.14. The summed E-state index contributed by atoms with van der Waals surface area (Å²) in [7, 11) is 0. The molecule has 3 N–H and O–H groups in total. The molecule has 2 aromatic carbocycles. The van der Waals surface area contributed by atoms with Crippen molar-refractivity contribution >= 4 is 23.5 Å². The first-order valence-corrected chi connectivity index (χ1v) is 8.41. The maximum Gasteiger partial charge on any atom is 0.231 e. The molecular weight excluding hydrogens is 340 g/mol. The number of nitrogen functional groups attached to an aromatic ring is 1. The Bertz CT molecular complexity index is 951. The van der Waals surface area contributed by atoms with Gasteiger partial charge in [0.05, 0.1) is 12.0 Å². The van der Waals surface area contributed by atoms with Crippen molar-refractivity contribution in [1.82, 2.24) is 9.97 Å². The molecule has 0 fully saturated rings. The van der Waals surface area contributed by atoms with E-state index in [1.807, 2.05) is 43.3 Å². The summed E-state index contributed by atoms with van der Waals surface area (Å²) in [6.07, 6.45) is 3.16. The first-order chi connectivity index (χ1) is 13.0. The second kappa shape index (κ2) is 8.14. The predicted molar refractivity (Wildman–Crippen MR) is 107 cm³/mol. The Hall–Kier alpha value is -3.67. The van der Waals surface area contributed by atoms with Gasteiger partial charge in [0, 0.05) is 5.69 Å². The lowest BCUT2D eigenvalue weighted by molar-refractivity contribution is -0.115. The number of carbonyl (C=O) groups is 1. The summed E-state index contributed by atoms with van der Waals surface area (Å²) < 4.78 is 5.75. The molecule has 0 saturated heterocycles. The number of ether oxygens (including phenoxy) is 1. The van der Waals surface area contributed by atoms with Crippen molar-refractivity contribution in [3.05, 3.63) is 78.1 Å². The van der Waals surface area contributed by atoms with E-state index in [0.29, 0.717) is 23.0 Å². The monoisotopic (exact) mass is 360 g/mol. The molecule has 6 nitrogen and oxygen atoms in total. The number of amides is 1. The minimum Gasteiger partial charge on any atom is -0.438 e. The third kappa shape index (κ3) is 4.70. The number of aryl methyl sites for hydroxylation is 1. The van der Waals surface area contributed by atoms with Gasteiger partial charge in [0.2, 0.25) is 11.8 Å². The van der Waals surface area contributed by atoms with Gasteiger partial charge in [0.25, 0.3) is 0 Å². The Balaban J connectivity index is 1.63. The highest BCUT2D eigenvalue weighted by molar-refractivity contribution is 5.92. The lowest BCUT2D eigenvalue weighted by atomic mass is 10.1. The zero-order valence-electron chi connectivity index (χ0n) is 15.0. The van der Waals surface area contributed by atoms with Crippen molar-refractivity contribution in [3.8, 4) is 11.6 Å². The summed E-state index contributed by atoms with van der Waals surface area (Å²) >= 11 is 0. The van der Waals surface area contributed by atoms with E-state index in [4.69, 9.17) is 10.5 Å². The topological polar surface area (TPSA) is 90.1 Å². The molecule has 1 aromatic heterocycles. The molecule has 0 saturated carbocycles. The first kappa shape index (κ1) is 18.1. The van der Waals surface area contributed by atoms with Gasteiger partial charge in [-0.05, 0) is 36.8 Å². The van der Waals surface area contributed by atoms with E-state index in [1.165, 1.54) is 6.33 Å². The Morgan fingerprint density at radius 3 is 2.52 bits per heavy atom. The largest absolute Gasteiger partial charge is 0.438 e. The highest BCUT2D eigenvalue weighted by Gasteiger charge is 2.09. The molecule has 0 aliphatic rings. The molecule has 0 radical (unpaired) electrons. The molecule has 1 amide bonds. The van der Waals surface area contributed by atoms with Gasteiger partial charge in [-0.3, -0.25) is 4.79 Å². The number of nitrogens with one attached hydrogen (secondary N) is 1. The van der Waals surface area contributed by atoms with Crippen LogP contribution in [-0.4, -0.2) is 15.9 Å². The van der Waals surface area contributed by atoms with Gasteiger partial charge in [-0.1, -0.05) is 42.5 Å². The van der Waals surface area contributed by atoms with Crippen LogP contribution >= 0.6 is 0 Å². The number of anilines is 2. The molecule has 0 aliphatic heterocycles. The molecule has 3 aromatic rings. The van der Waals surface area contributed by atoms with Crippen LogP contribution in [0.5, 0.6) is 11.6 Å². The lowest BCUT2D eigenvalue weighted by Crippen LogP contribution is -2.14. The molecule has 0 aliphatic carbocycles. The number of nitrogens with two attached hydrogens (primary N) is 1. The second-order valence-electron chi connectivity index (χ2n) is 6.02. The molecule has 6 heteroatoms. The van der Waals surface area contributed by atoms with E-state index < -0.39 is 0 Å². The fraction of sp³-hybridized carbons (Fsp3) is 0.0952. The first-order valence-electron chi connectivity index (χ1n) is 8.41. The average molecular weight is 360 g/mol. The van der Waals surface area contributed by atoms with Crippen LogP contribution in [0.4, 0.5) is 11.5 Å². The molecule has 0 atom stereocenters. The van der Waals surface area contributed by atoms with Gasteiger partial charge in [-0.25, -0.2) is 9.97 Å². The lowest BCUT2D eigenvalue weighted by Gasteiger charge is -2.09. The molecule has 27 heavy (non-hydrogen) atoms. The molecule has 3 rings (SSSR count). The maximum absolute atomic E-state index is 12.2. The summed E-state index contributed by atoms with van der Waals surface area (Å²) in [5, 5.41) is 2.88. The predicted octanol–water partition coefficient (Wildman–Crippen LogP) is 3.98. The van der Waals surface area contributed by atoms with E-state index in [1.54, 1.807) is 18.2 Å². The van der Waals surface area contributed by atoms with Crippen molar-refractivity contribution in [2.45, 2.75) is 13.3 Å². The number of benzene rings is 2. The number of aromatic nitrogens is 2. The third-order valence-electron chi connectivity index (χ3n) is 3.92. The van der Waals surface area contributed by atoms with E-state index in [9.17, 15) is 4.79 Å². The zero-order chi connectivity index (χ0) is 19.2. The fourth-order valence-electron chi connectivity index (χ4n) is 2.48. The summed E-state index contributed by atoms with van der Waals surface area (Å²) in [6.45, 7) is 5.70. The standard InChI is InChI=1S/C21H20N4O2/c1-3-18-20(22)23-13-24-21(18)27-17-10-6-15(7-11-17)12-19(26)25-16-8-4-14(2)5-9-16/h3-11,13H,1,12H2,2H3,(H,25,26)(H2,22,23,24). The van der Waals surface area contributed by atoms with Crippen molar-refractivity contribution in [1.29, 1.82) is 0 Å². The normalized spacial score (nSPS) is 10.3. The Morgan fingerprint density at radius 2 is 1.85 bits per heavy atom. The Labute approximate surface area is 157 Å². The Kier molecular flexibility index (Phi) is 5.47. The van der Waals surface area contributed by atoms with Gasteiger partial charge in [0.1, 0.15) is 17.9 Å². The van der Waals surface area contributed by atoms with Crippen molar-refractivity contribution in [3.63, 3.8) is 0 Å².